The van der Waals surface area contributed by atoms with Crippen LogP contribution in [0.15, 0.2) is 11.0 Å². The lowest BCUT2D eigenvalue weighted by atomic mass is 9.94. The number of aryl methyl sites for hydroxylation is 1. The van der Waals surface area contributed by atoms with Crippen molar-refractivity contribution in [2.24, 2.45) is 11.8 Å². The molecule has 3 heterocycles. The summed E-state index contributed by atoms with van der Waals surface area (Å²) in [5.41, 5.74) is 0.853. The molecular weight excluding hydrogens is 356 g/mol. The van der Waals surface area contributed by atoms with Crippen LogP contribution in [0.1, 0.15) is 52.9 Å². The number of fused-ring (bicyclic) bond motifs is 1. The summed E-state index contributed by atoms with van der Waals surface area (Å²) in [6.07, 6.45) is 6.95. The molecule has 0 aliphatic carbocycles. The Hall–Kier alpha value is -2.09. The highest BCUT2D eigenvalue weighted by Crippen LogP contribution is 2.22. The summed E-state index contributed by atoms with van der Waals surface area (Å²) in [4.78, 5) is 23.8. The van der Waals surface area contributed by atoms with E-state index in [9.17, 15) is 4.79 Å². The van der Waals surface area contributed by atoms with Gasteiger partial charge in [0.15, 0.2) is 5.65 Å². The second-order valence-electron chi connectivity index (χ2n) is 8.32. The Morgan fingerprint density at radius 2 is 2.21 bits per heavy atom. The van der Waals surface area contributed by atoms with Gasteiger partial charge in [-0.05, 0) is 44.1 Å². The van der Waals surface area contributed by atoms with Gasteiger partial charge < -0.3 is 15.5 Å². The molecule has 0 amide bonds. The van der Waals surface area contributed by atoms with Gasteiger partial charge in [-0.3, -0.25) is 4.57 Å². The number of aromatic nitrogens is 4. The molecule has 0 saturated carbocycles. The first-order chi connectivity index (χ1) is 13.5. The van der Waals surface area contributed by atoms with E-state index in [1.807, 2.05) is 0 Å². The standard InChI is InChI=1S/C20H34N6O2/c1-4-5-11-28-19-22-12-17-18(23-19)25(20(27)26(17)21)10-8-16-7-6-9-24(14-16)13-15(2)3/h12,15-16H,4-11,13-14,21H2,1-3H3. The minimum atomic E-state index is -0.246. The molecule has 1 unspecified atom stereocenters. The van der Waals surface area contributed by atoms with E-state index in [1.54, 1.807) is 10.8 Å². The van der Waals surface area contributed by atoms with E-state index in [1.165, 1.54) is 19.4 Å². The highest BCUT2D eigenvalue weighted by atomic mass is 16.5. The molecule has 156 valence electrons. The molecule has 3 rings (SSSR count). The van der Waals surface area contributed by atoms with Crippen LogP contribution >= 0.6 is 0 Å². The third-order valence-corrected chi connectivity index (χ3v) is 5.40. The fraction of sp³-hybridized carbons (Fsp3) is 0.750. The van der Waals surface area contributed by atoms with E-state index in [2.05, 4.69) is 35.6 Å². The molecule has 0 aromatic carbocycles. The topological polar surface area (TPSA) is 91.2 Å². The maximum Gasteiger partial charge on any atom is 0.348 e. The number of piperidine rings is 1. The van der Waals surface area contributed by atoms with Gasteiger partial charge in [0.1, 0.15) is 5.52 Å². The van der Waals surface area contributed by atoms with Crippen molar-refractivity contribution < 1.29 is 4.74 Å². The van der Waals surface area contributed by atoms with Crippen LogP contribution < -0.4 is 16.3 Å². The Morgan fingerprint density at radius 3 is 2.96 bits per heavy atom. The first-order valence-corrected chi connectivity index (χ1v) is 10.6. The predicted molar refractivity (Wildman–Crippen MR) is 111 cm³/mol. The van der Waals surface area contributed by atoms with Crippen molar-refractivity contribution in [1.82, 2.24) is 24.1 Å². The Labute approximate surface area is 166 Å². The molecule has 28 heavy (non-hydrogen) atoms. The molecule has 1 aliphatic rings. The average Bonchev–Trinajstić information content (AvgIpc) is 2.90. The summed E-state index contributed by atoms with van der Waals surface area (Å²) in [7, 11) is 0. The Kier molecular flexibility index (Phi) is 6.93. The SMILES string of the molecule is CCCCOc1ncc2c(n1)n(CCC1CCCN(CC(C)C)C1)c(=O)n2N. The molecule has 2 N–H and O–H groups in total. The molecule has 0 spiro atoms. The number of imidazole rings is 1. The molecule has 1 fully saturated rings. The predicted octanol–water partition coefficient (Wildman–Crippen LogP) is 2.24. The maximum atomic E-state index is 12.6. The minimum absolute atomic E-state index is 0.246. The second kappa shape index (κ2) is 9.41. The molecular formula is C20H34N6O2. The summed E-state index contributed by atoms with van der Waals surface area (Å²) in [5.74, 6) is 7.23. The fourth-order valence-corrected chi connectivity index (χ4v) is 4.00. The fourth-order valence-electron chi connectivity index (χ4n) is 4.00. The van der Waals surface area contributed by atoms with Gasteiger partial charge in [0.2, 0.25) is 0 Å². The van der Waals surface area contributed by atoms with Crippen LogP contribution in [0.5, 0.6) is 6.01 Å². The van der Waals surface area contributed by atoms with Crippen LogP contribution in [-0.4, -0.2) is 50.4 Å². The van der Waals surface area contributed by atoms with Crippen LogP contribution in [0.2, 0.25) is 0 Å². The van der Waals surface area contributed by atoms with Crippen molar-refractivity contribution in [3.63, 3.8) is 0 Å². The van der Waals surface area contributed by atoms with Gasteiger partial charge in [0.25, 0.3) is 0 Å². The van der Waals surface area contributed by atoms with Crippen LogP contribution in [0.4, 0.5) is 0 Å². The second-order valence-corrected chi connectivity index (χ2v) is 8.32. The van der Waals surface area contributed by atoms with E-state index in [4.69, 9.17) is 10.6 Å². The van der Waals surface area contributed by atoms with Crippen LogP contribution in [0, 0.1) is 11.8 Å². The monoisotopic (exact) mass is 390 g/mol. The Balaban J connectivity index is 1.72. The number of nitrogens with zero attached hydrogens (tertiary/aromatic N) is 5. The lowest BCUT2D eigenvalue weighted by molar-refractivity contribution is 0.150. The zero-order chi connectivity index (χ0) is 20.1. The van der Waals surface area contributed by atoms with Crippen molar-refractivity contribution >= 4 is 11.2 Å². The number of ether oxygens (including phenoxy) is 1. The van der Waals surface area contributed by atoms with Crippen LogP contribution in [0.3, 0.4) is 0 Å². The van der Waals surface area contributed by atoms with Crippen molar-refractivity contribution in [3.05, 3.63) is 16.7 Å². The van der Waals surface area contributed by atoms with Gasteiger partial charge in [-0.15, -0.1) is 0 Å². The van der Waals surface area contributed by atoms with Gasteiger partial charge in [0, 0.05) is 19.6 Å². The maximum absolute atomic E-state index is 12.6. The number of nitrogens with two attached hydrogens (primary N) is 1. The normalized spacial score (nSPS) is 18.2. The number of hydrogen-bond donors (Lipinski definition) is 1. The van der Waals surface area contributed by atoms with Crippen LogP contribution in [0.25, 0.3) is 11.2 Å². The summed E-state index contributed by atoms with van der Waals surface area (Å²) in [5, 5.41) is 0. The van der Waals surface area contributed by atoms with Gasteiger partial charge in [-0.1, -0.05) is 27.2 Å². The molecule has 8 nitrogen and oxygen atoms in total. The van der Waals surface area contributed by atoms with Gasteiger partial charge in [-0.2, -0.15) is 4.98 Å². The van der Waals surface area contributed by atoms with Crippen molar-refractivity contribution in [2.45, 2.75) is 59.4 Å². The number of likely N-dealkylation sites (tertiary alicyclic amines) is 1. The molecule has 0 radical (unpaired) electrons. The van der Waals surface area contributed by atoms with Crippen LogP contribution in [-0.2, 0) is 6.54 Å². The van der Waals surface area contributed by atoms with Gasteiger partial charge >= 0.3 is 11.7 Å². The molecule has 1 aliphatic heterocycles. The van der Waals surface area contributed by atoms with Gasteiger partial charge in [-0.25, -0.2) is 14.5 Å². The van der Waals surface area contributed by atoms with Crippen molar-refractivity contribution in [1.29, 1.82) is 0 Å². The quantitative estimate of drug-likeness (QED) is 0.522. The molecule has 0 bridgehead atoms. The first kappa shape index (κ1) is 20.6. The average molecular weight is 391 g/mol. The molecule has 1 atom stereocenters. The van der Waals surface area contributed by atoms with E-state index >= 15 is 0 Å². The zero-order valence-corrected chi connectivity index (χ0v) is 17.4. The third kappa shape index (κ3) is 4.84. The van der Waals surface area contributed by atoms with E-state index in [0.29, 0.717) is 42.2 Å². The highest BCUT2D eigenvalue weighted by molar-refractivity contribution is 5.70. The summed E-state index contributed by atoms with van der Waals surface area (Å²) in [6.45, 7) is 11.3. The van der Waals surface area contributed by atoms with E-state index < -0.39 is 0 Å². The summed E-state index contributed by atoms with van der Waals surface area (Å²) in [6, 6.07) is 0.307. The lowest BCUT2D eigenvalue weighted by Crippen LogP contribution is -2.38. The zero-order valence-electron chi connectivity index (χ0n) is 17.4. The Bertz CT molecular complexity index is 828. The molecule has 1 saturated heterocycles. The molecule has 8 heteroatoms. The van der Waals surface area contributed by atoms with Crippen molar-refractivity contribution in [3.8, 4) is 6.01 Å². The largest absolute Gasteiger partial charge is 0.463 e. The Morgan fingerprint density at radius 1 is 1.39 bits per heavy atom. The number of unbranched alkanes of at least 4 members (excludes halogenated alkanes) is 1. The lowest BCUT2D eigenvalue weighted by Gasteiger charge is -2.33. The van der Waals surface area contributed by atoms with E-state index in [0.717, 1.165) is 37.0 Å². The highest BCUT2D eigenvalue weighted by Gasteiger charge is 2.22. The molecule has 2 aromatic heterocycles. The third-order valence-electron chi connectivity index (χ3n) is 5.40. The number of hydrogen-bond acceptors (Lipinski definition) is 6. The summed E-state index contributed by atoms with van der Waals surface area (Å²) >= 11 is 0. The smallest absolute Gasteiger partial charge is 0.348 e. The van der Waals surface area contributed by atoms with Gasteiger partial charge in [0.05, 0.1) is 12.8 Å². The van der Waals surface area contributed by atoms with Crippen molar-refractivity contribution in [2.75, 3.05) is 32.1 Å². The first-order valence-electron chi connectivity index (χ1n) is 10.6. The van der Waals surface area contributed by atoms with E-state index in [-0.39, 0.29) is 5.69 Å². The molecule has 2 aromatic rings. The minimum Gasteiger partial charge on any atom is -0.463 e. The number of rotatable bonds is 9. The number of nitrogen functional groups attached to an aromatic ring is 1. The summed E-state index contributed by atoms with van der Waals surface area (Å²) < 4.78 is 8.42.